The quantitative estimate of drug-likeness (QED) is 0.788. The maximum Gasteiger partial charge on any atom is 0.0918 e. The number of thiophene rings is 1. The van der Waals surface area contributed by atoms with Crippen molar-refractivity contribution in [3.8, 4) is 0 Å². The second-order valence-electron chi connectivity index (χ2n) is 8.08. The number of aliphatic hydroxyl groups excluding tert-OH is 1. The molecule has 27 heavy (non-hydrogen) atoms. The van der Waals surface area contributed by atoms with Crippen LogP contribution in [-0.4, -0.2) is 42.4 Å². The van der Waals surface area contributed by atoms with Crippen LogP contribution in [0.4, 0.5) is 0 Å². The first-order valence-electron chi connectivity index (χ1n) is 10.1. The normalized spacial score (nSPS) is 28.4. The van der Waals surface area contributed by atoms with Gasteiger partial charge in [0.05, 0.1) is 16.4 Å². The molecule has 3 atom stereocenters. The van der Waals surface area contributed by atoms with E-state index in [1.807, 2.05) is 23.1 Å². The molecule has 2 saturated heterocycles. The van der Waals surface area contributed by atoms with E-state index in [-0.39, 0.29) is 6.10 Å². The minimum absolute atomic E-state index is 0.208. The summed E-state index contributed by atoms with van der Waals surface area (Å²) in [5.74, 6) is 1.18. The molecule has 0 amide bonds. The zero-order valence-electron chi connectivity index (χ0n) is 15.5. The van der Waals surface area contributed by atoms with E-state index in [0.717, 1.165) is 32.5 Å². The van der Waals surface area contributed by atoms with Crippen LogP contribution in [0.3, 0.4) is 0 Å². The third kappa shape index (κ3) is 3.60. The SMILES string of the molecule is OCCC1CCN(CC2CC3c4ccccc4Sc4sccc4C3O2)CC1. The fraction of sp³-hybridized carbons (Fsp3) is 0.545. The van der Waals surface area contributed by atoms with E-state index in [0.29, 0.717) is 24.5 Å². The highest BCUT2D eigenvalue weighted by Gasteiger charge is 2.42. The van der Waals surface area contributed by atoms with Gasteiger partial charge >= 0.3 is 0 Å². The zero-order chi connectivity index (χ0) is 18.2. The molecular formula is C22H27NO2S2. The Morgan fingerprint density at radius 1 is 1.11 bits per heavy atom. The molecule has 0 aliphatic carbocycles. The Morgan fingerprint density at radius 3 is 2.81 bits per heavy atom. The number of piperidine rings is 1. The van der Waals surface area contributed by atoms with Crippen molar-refractivity contribution in [3.63, 3.8) is 0 Å². The van der Waals surface area contributed by atoms with Gasteiger partial charge in [-0.15, -0.1) is 11.3 Å². The van der Waals surface area contributed by atoms with E-state index < -0.39 is 0 Å². The van der Waals surface area contributed by atoms with Gasteiger partial charge in [-0.1, -0.05) is 30.0 Å². The highest BCUT2D eigenvalue weighted by molar-refractivity contribution is 8.01. The van der Waals surface area contributed by atoms with Crippen molar-refractivity contribution >= 4 is 23.1 Å². The van der Waals surface area contributed by atoms with Crippen molar-refractivity contribution in [2.24, 2.45) is 5.92 Å². The number of benzene rings is 1. The van der Waals surface area contributed by atoms with Crippen LogP contribution in [-0.2, 0) is 4.74 Å². The zero-order valence-corrected chi connectivity index (χ0v) is 17.2. The summed E-state index contributed by atoms with van der Waals surface area (Å²) < 4.78 is 8.08. The predicted octanol–water partition coefficient (Wildman–Crippen LogP) is 4.92. The number of aliphatic hydroxyl groups is 1. The molecule has 144 valence electrons. The Hall–Kier alpha value is -0.850. The molecule has 0 saturated carbocycles. The fourth-order valence-corrected chi connectivity index (χ4v) is 7.24. The van der Waals surface area contributed by atoms with Crippen LogP contribution in [0.1, 0.15) is 48.8 Å². The van der Waals surface area contributed by atoms with Crippen molar-refractivity contribution in [3.05, 3.63) is 46.8 Å². The molecule has 0 radical (unpaired) electrons. The summed E-state index contributed by atoms with van der Waals surface area (Å²) in [6.45, 7) is 3.68. The molecule has 3 aliphatic rings. The van der Waals surface area contributed by atoms with Crippen molar-refractivity contribution in [1.82, 2.24) is 4.90 Å². The molecule has 0 spiro atoms. The summed E-state index contributed by atoms with van der Waals surface area (Å²) in [5, 5.41) is 11.4. The topological polar surface area (TPSA) is 32.7 Å². The monoisotopic (exact) mass is 401 g/mol. The van der Waals surface area contributed by atoms with Gasteiger partial charge in [0, 0.05) is 29.5 Å². The maximum atomic E-state index is 9.16. The molecular weight excluding hydrogens is 374 g/mol. The standard InChI is InChI=1S/C22H27NO2S2/c24-11-7-15-5-9-23(10-6-15)14-16-13-19-17-3-1-2-4-20(17)27-22-18(8-12-26-22)21(19)25-16/h1-4,8,12,15-16,19,21,24H,5-7,9-11,13-14H2. The van der Waals surface area contributed by atoms with E-state index in [4.69, 9.17) is 9.84 Å². The number of nitrogens with zero attached hydrogens (tertiary/aromatic N) is 1. The molecule has 2 fully saturated rings. The molecule has 2 aromatic rings. The van der Waals surface area contributed by atoms with Crippen LogP contribution in [0.2, 0.25) is 0 Å². The molecule has 3 unspecified atom stereocenters. The highest BCUT2D eigenvalue weighted by atomic mass is 32.2. The molecule has 5 rings (SSSR count). The van der Waals surface area contributed by atoms with E-state index in [9.17, 15) is 0 Å². The van der Waals surface area contributed by atoms with E-state index in [2.05, 4.69) is 40.6 Å². The Bertz CT molecular complexity index is 784. The number of hydrogen-bond donors (Lipinski definition) is 1. The van der Waals surface area contributed by atoms with Crippen LogP contribution in [0.15, 0.2) is 44.8 Å². The Kier molecular flexibility index (Phi) is 5.31. The summed E-state index contributed by atoms with van der Waals surface area (Å²) >= 11 is 3.76. The van der Waals surface area contributed by atoms with Crippen molar-refractivity contribution in [1.29, 1.82) is 0 Å². The first-order valence-corrected chi connectivity index (χ1v) is 11.8. The largest absolute Gasteiger partial charge is 0.396 e. The Labute approximate surface area is 169 Å². The van der Waals surface area contributed by atoms with E-state index in [1.54, 1.807) is 0 Å². The van der Waals surface area contributed by atoms with Crippen LogP contribution < -0.4 is 0 Å². The van der Waals surface area contributed by atoms with Gasteiger partial charge in [0.15, 0.2) is 0 Å². The smallest absolute Gasteiger partial charge is 0.0918 e. The Morgan fingerprint density at radius 2 is 1.96 bits per heavy atom. The molecule has 4 heterocycles. The number of rotatable bonds is 4. The first kappa shape index (κ1) is 18.2. The summed E-state index contributed by atoms with van der Waals surface area (Å²) in [7, 11) is 0. The molecule has 1 aromatic heterocycles. The molecule has 3 nitrogen and oxygen atoms in total. The van der Waals surface area contributed by atoms with Crippen LogP contribution in [0, 0.1) is 5.92 Å². The first-order chi connectivity index (χ1) is 13.3. The number of ether oxygens (including phenoxy) is 1. The van der Waals surface area contributed by atoms with Crippen molar-refractivity contribution in [2.45, 2.75) is 52.9 Å². The van der Waals surface area contributed by atoms with Crippen LogP contribution in [0.5, 0.6) is 0 Å². The lowest BCUT2D eigenvalue weighted by Gasteiger charge is -2.33. The van der Waals surface area contributed by atoms with E-state index >= 15 is 0 Å². The number of hydrogen-bond acceptors (Lipinski definition) is 5. The number of likely N-dealkylation sites (tertiary alicyclic amines) is 1. The third-order valence-electron chi connectivity index (χ3n) is 6.41. The molecule has 5 heteroatoms. The van der Waals surface area contributed by atoms with Crippen LogP contribution >= 0.6 is 23.1 Å². The average Bonchev–Trinajstić information content (AvgIpc) is 3.28. The van der Waals surface area contributed by atoms with Gasteiger partial charge in [-0.25, -0.2) is 0 Å². The molecule has 3 aliphatic heterocycles. The second kappa shape index (κ2) is 7.88. The summed E-state index contributed by atoms with van der Waals surface area (Å²) in [5.41, 5.74) is 2.87. The number of fused-ring (bicyclic) bond motifs is 5. The Balaban J connectivity index is 1.32. The predicted molar refractivity (Wildman–Crippen MR) is 111 cm³/mol. The summed E-state index contributed by atoms with van der Waals surface area (Å²) in [6, 6.07) is 11.2. The van der Waals surface area contributed by atoms with Crippen molar-refractivity contribution < 1.29 is 9.84 Å². The molecule has 0 bridgehead atoms. The van der Waals surface area contributed by atoms with Crippen LogP contribution in [0.25, 0.3) is 0 Å². The summed E-state index contributed by atoms with van der Waals surface area (Å²) in [6.07, 6.45) is 5.04. The summed E-state index contributed by atoms with van der Waals surface area (Å²) in [4.78, 5) is 3.99. The average molecular weight is 402 g/mol. The third-order valence-corrected chi connectivity index (χ3v) is 8.69. The highest BCUT2D eigenvalue weighted by Crippen LogP contribution is 2.54. The van der Waals surface area contributed by atoms with Gasteiger partial charge in [-0.2, -0.15) is 0 Å². The lowest BCUT2D eigenvalue weighted by atomic mass is 9.88. The second-order valence-corrected chi connectivity index (χ2v) is 10.3. The van der Waals surface area contributed by atoms with E-state index in [1.165, 1.54) is 33.1 Å². The van der Waals surface area contributed by atoms with Crippen molar-refractivity contribution in [2.75, 3.05) is 26.2 Å². The van der Waals surface area contributed by atoms with Gasteiger partial charge in [-0.05, 0) is 67.8 Å². The fourth-order valence-electron chi connectivity index (χ4n) is 4.97. The minimum Gasteiger partial charge on any atom is -0.396 e. The lowest BCUT2D eigenvalue weighted by molar-refractivity contribution is 0.0113. The van der Waals surface area contributed by atoms with Gasteiger partial charge < -0.3 is 14.7 Å². The van der Waals surface area contributed by atoms with Gasteiger partial charge in [0.1, 0.15) is 0 Å². The van der Waals surface area contributed by atoms with Gasteiger partial charge in [0.2, 0.25) is 0 Å². The minimum atomic E-state index is 0.208. The van der Waals surface area contributed by atoms with Gasteiger partial charge in [0.25, 0.3) is 0 Å². The molecule has 1 aromatic carbocycles. The maximum absolute atomic E-state index is 9.16. The van der Waals surface area contributed by atoms with Gasteiger partial charge in [-0.3, -0.25) is 0 Å². The molecule has 1 N–H and O–H groups in total. The lowest BCUT2D eigenvalue weighted by Crippen LogP contribution is -2.39.